The van der Waals surface area contributed by atoms with Gasteiger partial charge in [-0.2, -0.15) is 0 Å². The van der Waals surface area contributed by atoms with Crippen molar-refractivity contribution in [2.45, 2.75) is 0 Å². The molecule has 0 fully saturated rings. The number of allylic oxidation sites excluding steroid dienone is 1. The fraction of sp³-hybridized carbons (Fsp3) is 0. The van der Waals surface area contributed by atoms with Crippen molar-refractivity contribution in [2.24, 2.45) is 0 Å². The largest absolute Gasteiger partial charge is 0.299 e. The zero-order valence-corrected chi connectivity index (χ0v) is 13.9. The van der Waals surface area contributed by atoms with Gasteiger partial charge in [0.25, 0.3) is 0 Å². The Morgan fingerprint density at radius 3 is 1.22 bits per heavy atom. The van der Waals surface area contributed by atoms with E-state index in [0.29, 0.717) is 0 Å². The fourth-order valence-electron chi connectivity index (χ4n) is 3.14. The minimum absolute atomic E-state index is 0.112. The third kappa shape index (κ3) is 2.58. The Morgan fingerprint density at radius 2 is 0.957 bits per heavy atom. The van der Waals surface area contributed by atoms with E-state index >= 15 is 0 Å². The molecule has 1 nitrogen and oxygen atoms in total. The lowest BCUT2D eigenvalue weighted by Crippen LogP contribution is -2.72. The van der Waals surface area contributed by atoms with Crippen molar-refractivity contribution < 1.29 is 4.79 Å². The summed E-state index contributed by atoms with van der Waals surface area (Å²) in [5.41, 5.74) is 0. The Balaban J connectivity index is 2.40. The summed E-state index contributed by atoms with van der Waals surface area (Å²) in [6.45, 7) is 3.79. The molecular formula is C21H18OSi. The third-order valence-electron chi connectivity index (χ3n) is 4.18. The van der Waals surface area contributed by atoms with Crippen molar-refractivity contribution in [3.05, 3.63) is 104 Å². The van der Waals surface area contributed by atoms with E-state index in [-0.39, 0.29) is 5.41 Å². The van der Waals surface area contributed by atoms with Crippen LogP contribution in [0.4, 0.5) is 0 Å². The minimum atomic E-state index is -2.78. The molecule has 0 saturated carbocycles. The number of carbonyl (C=O) groups excluding carboxylic acids is 1. The summed E-state index contributed by atoms with van der Waals surface area (Å²) in [4.78, 5) is 13.2. The highest BCUT2D eigenvalue weighted by molar-refractivity contribution is 7.30. The van der Waals surface area contributed by atoms with Crippen molar-refractivity contribution in [3.8, 4) is 0 Å². The topological polar surface area (TPSA) is 17.1 Å². The molecule has 3 rings (SSSR count). The summed E-state index contributed by atoms with van der Waals surface area (Å²) in [5.74, 6) is 0. The molecule has 0 saturated heterocycles. The number of benzene rings is 3. The van der Waals surface area contributed by atoms with Crippen molar-refractivity contribution >= 4 is 29.0 Å². The van der Waals surface area contributed by atoms with Crippen LogP contribution in [-0.2, 0) is 4.79 Å². The Kier molecular flexibility index (Phi) is 4.35. The maximum Gasteiger partial charge on any atom is 0.229 e. The zero-order chi connectivity index (χ0) is 16.1. The highest BCUT2D eigenvalue weighted by atomic mass is 28.3. The maximum atomic E-state index is 13.2. The normalized spacial score (nSPS) is 11.0. The fourth-order valence-corrected chi connectivity index (χ4v) is 7.38. The van der Waals surface area contributed by atoms with E-state index in [0.717, 1.165) is 15.6 Å². The summed E-state index contributed by atoms with van der Waals surface area (Å²) in [7, 11) is -2.78. The Bertz CT molecular complexity index is 698. The Morgan fingerprint density at radius 1 is 0.652 bits per heavy atom. The van der Waals surface area contributed by atoms with Crippen LogP contribution in [0, 0.1) is 0 Å². The Labute approximate surface area is 137 Å². The van der Waals surface area contributed by atoms with Crippen molar-refractivity contribution in [1.29, 1.82) is 0 Å². The van der Waals surface area contributed by atoms with Crippen molar-refractivity contribution in [1.82, 2.24) is 0 Å². The van der Waals surface area contributed by atoms with Gasteiger partial charge in [-0.05, 0) is 21.6 Å². The SMILES string of the molecule is C=CC(=O)[Si](c1ccccc1)(c1ccccc1)c1ccccc1. The lowest BCUT2D eigenvalue weighted by Gasteiger charge is -2.30. The van der Waals surface area contributed by atoms with Crippen LogP contribution in [0.25, 0.3) is 0 Å². The molecule has 112 valence electrons. The smallest absolute Gasteiger partial charge is 0.229 e. The molecule has 0 N–H and O–H groups in total. The first kappa shape index (κ1) is 15.2. The molecule has 0 bridgehead atoms. The van der Waals surface area contributed by atoms with Crippen LogP contribution < -0.4 is 15.6 Å². The van der Waals surface area contributed by atoms with Gasteiger partial charge in [0, 0.05) is 0 Å². The van der Waals surface area contributed by atoms with E-state index in [4.69, 9.17) is 0 Å². The van der Waals surface area contributed by atoms with Crippen molar-refractivity contribution in [2.75, 3.05) is 0 Å². The molecule has 0 aliphatic rings. The quantitative estimate of drug-likeness (QED) is 0.402. The van der Waals surface area contributed by atoms with Gasteiger partial charge in [0.1, 0.15) is 5.41 Å². The van der Waals surface area contributed by atoms with Crippen LogP contribution in [0.1, 0.15) is 0 Å². The van der Waals surface area contributed by atoms with Gasteiger partial charge < -0.3 is 0 Å². The molecule has 2 heteroatoms. The highest BCUT2D eigenvalue weighted by Crippen LogP contribution is 2.09. The average molecular weight is 314 g/mol. The molecule has 0 aromatic heterocycles. The molecule has 0 heterocycles. The van der Waals surface area contributed by atoms with Gasteiger partial charge in [0.2, 0.25) is 8.07 Å². The first-order chi connectivity index (χ1) is 11.3. The molecule has 23 heavy (non-hydrogen) atoms. The van der Waals surface area contributed by atoms with Gasteiger partial charge in [-0.15, -0.1) is 0 Å². The predicted octanol–water partition coefficient (Wildman–Crippen LogP) is 2.45. The number of hydrogen-bond acceptors (Lipinski definition) is 1. The third-order valence-corrected chi connectivity index (χ3v) is 8.72. The van der Waals surface area contributed by atoms with Crippen LogP contribution >= 0.6 is 0 Å². The van der Waals surface area contributed by atoms with E-state index in [1.165, 1.54) is 6.08 Å². The number of rotatable bonds is 5. The monoisotopic (exact) mass is 314 g/mol. The summed E-state index contributed by atoms with van der Waals surface area (Å²) in [6, 6.07) is 30.3. The highest BCUT2D eigenvalue weighted by Gasteiger charge is 2.45. The lowest BCUT2D eigenvalue weighted by molar-refractivity contribution is -0.108. The van der Waals surface area contributed by atoms with Gasteiger partial charge in [0.15, 0.2) is 0 Å². The van der Waals surface area contributed by atoms with E-state index in [1.54, 1.807) is 0 Å². The van der Waals surface area contributed by atoms with Crippen LogP contribution in [0.2, 0.25) is 0 Å². The van der Waals surface area contributed by atoms with Gasteiger partial charge >= 0.3 is 0 Å². The van der Waals surface area contributed by atoms with Gasteiger partial charge in [-0.25, -0.2) is 0 Å². The summed E-state index contributed by atoms with van der Waals surface area (Å²) < 4.78 is 0. The number of hydrogen-bond donors (Lipinski definition) is 0. The van der Waals surface area contributed by atoms with E-state index < -0.39 is 8.07 Å². The summed E-state index contributed by atoms with van der Waals surface area (Å²) in [6.07, 6.45) is 1.49. The molecular weight excluding hydrogens is 296 g/mol. The van der Waals surface area contributed by atoms with E-state index in [2.05, 4.69) is 43.0 Å². The molecule has 0 atom stereocenters. The van der Waals surface area contributed by atoms with Crippen LogP contribution in [0.15, 0.2) is 104 Å². The van der Waals surface area contributed by atoms with Gasteiger partial charge in [0.05, 0.1) is 0 Å². The van der Waals surface area contributed by atoms with E-state index in [9.17, 15) is 4.79 Å². The van der Waals surface area contributed by atoms with Crippen LogP contribution in [-0.4, -0.2) is 13.5 Å². The van der Waals surface area contributed by atoms with Crippen LogP contribution in [0.3, 0.4) is 0 Å². The molecule has 3 aromatic carbocycles. The molecule has 3 aromatic rings. The molecule has 0 spiro atoms. The molecule has 0 aliphatic heterocycles. The molecule has 0 radical (unpaired) electrons. The molecule has 0 aliphatic carbocycles. The minimum Gasteiger partial charge on any atom is -0.299 e. The first-order valence-electron chi connectivity index (χ1n) is 7.63. The first-order valence-corrected chi connectivity index (χ1v) is 9.63. The zero-order valence-electron chi connectivity index (χ0n) is 12.9. The van der Waals surface area contributed by atoms with E-state index in [1.807, 2.05) is 54.6 Å². The standard InChI is InChI=1S/C21H18OSi/c1-2-21(22)23(18-12-6-3-7-13-18,19-14-8-4-9-15-19)20-16-10-5-11-17-20/h2-17H,1H2. The summed E-state index contributed by atoms with van der Waals surface area (Å²) in [5, 5.41) is 3.37. The summed E-state index contributed by atoms with van der Waals surface area (Å²) >= 11 is 0. The molecule has 0 unspecified atom stereocenters. The van der Waals surface area contributed by atoms with Crippen molar-refractivity contribution in [3.63, 3.8) is 0 Å². The van der Waals surface area contributed by atoms with Gasteiger partial charge in [-0.1, -0.05) is 97.6 Å². The predicted molar refractivity (Wildman–Crippen MR) is 99.2 cm³/mol. The Hall–Kier alpha value is -2.71. The second-order valence-electron chi connectivity index (χ2n) is 5.42. The molecule has 0 amide bonds. The second kappa shape index (κ2) is 6.59. The average Bonchev–Trinajstić information content (AvgIpc) is 2.65. The second-order valence-corrected chi connectivity index (χ2v) is 9.14. The maximum absolute atomic E-state index is 13.2. The van der Waals surface area contributed by atoms with Gasteiger partial charge in [-0.3, -0.25) is 4.79 Å². The lowest BCUT2D eigenvalue weighted by atomic mass is 10.3. The number of carbonyl (C=O) groups is 1. The van der Waals surface area contributed by atoms with Crippen LogP contribution in [0.5, 0.6) is 0 Å².